The van der Waals surface area contributed by atoms with Crippen molar-refractivity contribution in [1.82, 2.24) is 24.7 Å². The minimum absolute atomic E-state index is 0.00443. The number of aryl methyl sites for hydroxylation is 2. The second-order valence-electron chi connectivity index (χ2n) is 12.1. The molecule has 1 aromatic heterocycles. The Morgan fingerprint density at radius 2 is 1.52 bits per heavy atom. The van der Waals surface area contributed by atoms with E-state index in [1.807, 2.05) is 49.1 Å². The molecule has 2 saturated heterocycles. The zero-order valence-corrected chi connectivity index (χ0v) is 25.1. The summed E-state index contributed by atoms with van der Waals surface area (Å²) in [6.07, 6.45) is -2.57. The number of piperidine rings is 1. The van der Waals surface area contributed by atoms with Crippen LogP contribution in [0.4, 0.5) is 13.2 Å². The summed E-state index contributed by atoms with van der Waals surface area (Å²) in [4.78, 5) is 29.8. The molecule has 2 aliphatic rings. The number of hydrogen-bond donors (Lipinski definition) is 0. The molecule has 224 valence electrons. The van der Waals surface area contributed by atoms with Gasteiger partial charge < -0.3 is 4.90 Å². The van der Waals surface area contributed by atoms with Crippen molar-refractivity contribution >= 4 is 5.91 Å². The van der Waals surface area contributed by atoms with Gasteiger partial charge in [-0.1, -0.05) is 42.5 Å². The van der Waals surface area contributed by atoms with E-state index in [-0.39, 0.29) is 23.5 Å². The highest BCUT2D eigenvalue weighted by atomic mass is 19.4. The van der Waals surface area contributed by atoms with Crippen molar-refractivity contribution in [2.24, 2.45) is 0 Å². The quantitative estimate of drug-likeness (QED) is 0.344. The van der Waals surface area contributed by atoms with E-state index in [1.165, 1.54) is 12.1 Å². The molecule has 0 saturated carbocycles. The van der Waals surface area contributed by atoms with Crippen molar-refractivity contribution in [2.45, 2.75) is 71.3 Å². The predicted octanol–water partition coefficient (Wildman–Crippen LogP) is 6.54. The summed E-state index contributed by atoms with van der Waals surface area (Å²) in [5.74, 6) is 0.629. The topological polar surface area (TPSA) is 52.6 Å². The van der Waals surface area contributed by atoms with Gasteiger partial charge in [0, 0.05) is 55.9 Å². The number of aromatic nitrogens is 2. The standard InChI is InChI=1S/C33H40F3N5O/c1-22-21-40(19-20-41(22)25(4)26-11-13-28(14-12-26)33(34,35)36)32(5)15-17-39(18-16-32)31(42)29-23(2)37-30(38-24(29)3)27-9-7-6-8-10-27/h6-14,22,25H,15-21H2,1-5H3. The number of rotatable bonds is 5. The molecular formula is C33H40F3N5O. The number of hydrogen-bond acceptors (Lipinski definition) is 5. The number of likely N-dealkylation sites (tertiary alicyclic amines) is 1. The Kier molecular flexibility index (Phi) is 8.45. The van der Waals surface area contributed by atoms with Gasteiger partial charge in [-0.15, -0.1) is 0 Å². The summed E-state index contributed by atoms with van der Waals surface area (Å²) in [5, 5.41) is 0. The molecule has 9 heteroatoms. The zero-order valence-electron chi connectivity index (χ0n) is 25.1. The van der Waals surface area contributed by atoms with E-state index in [4.69, 9.17) is 0 Å². The molecule has 42 heavy (non-hydrogen) atoms. The number of halogens is 3. The van der Waals surface area contributed by atoms with Crippen LogP contribution in [0.3, 0.4) is 0 Å². The molecule has 5 rings (SSSR count). The number of benzene rings is 2. The summed E-state index contributed by atoms with van der Waals surface area (Å²) in [6, 6.07) is 15.6. The highest BCUT2D eigenvalue weighted by Crippen LogP contribution is 2.35. The van der Waals surface area contributed by atoms with Crippen LogP contribution in [0.15, 0.2) is 54.6 Å². The van der Waals surface area contributed by atoms with Crippen molar-refractivity contribution < 1.29 is 18.0 Å². The molecule has 2 atom stereocenters. The van der Waals surface area contributed by atoms with Gasteiger partial charge in [-0.2, -0.15) is 13.2 Å². The van der Waals surface area contributed by atoms with Crippen molar-refractivity contribution in [3.63, 3.8) is 0 Å². The van der Waals surface area contributed by atoms with Gasteiger partial charge in [0.25, 0.3) is 5.91 Å². The van der Waals surface area contributed by atoms with Crippen LogP contribution in [0.5, 0.6) is 0 Å². The average molecular weight is 580 g/mol. The molecule has 2 aromatic carbocycles. The van der Waals surface area contributed by atoms with E-state index >= 15 is 0 Å². The maximum atomic E-state index is 13.6. The Balaban J connectivity index is 1.20. The monoisotopic (exact) mass is 579 g/mol. The number of piperazine rings is 1. The van der Waals surface area contributed by atoms with E-state index in [0.29, 0.717) is 35.9 Å². The van der Waals surface area contributed by atoms with Crippen LogP contribution in [0, 0.1) is 13.8 Å². The molecule has 1 amide bonds. The van der Waals surface area contributed by atoms with Crippen LogP contribution < -0.4 is 0 Å². The van der Waals surface area contributed by atoms with E-state index < -0.39 is 11.7 Å². The molecule has 2 aliphatic heterocycles. The Morgan fingerprint density at radius 3 is 2.07 bits per heavy atom. The fourth-order valence-electron chi connectivity index (χ4n) is 6.59. The normalized spacial score (nSPS) is 20.9. The second kappa shape index (κ2) is 11.8. The third kappa shape index (κ3) is 6.08. The number of carbonyl (C=O) groups excluding carboxylic acids is 1. The summed E-state index contributed by atoms with van der Waals surface area (Å²) >= 11 is 0. The second-order valence-corrected chi connectivity index (χ2v) is 12.1. The Bertz CT molecular complexity index is 1380. The first kappa shape index (κ1) is 30.2. The van der Waals surface area contributed by atoms with Crippen molar-refractivity contribution in [1.29, 1.82) is 0 Å². The molecule has 0 aliphatic carbocycles. The maximum absolute atomic E-state index is 13.6. The van der Waals surface area contributed by atoms with E-state index in [9.17, 15) is 18.0 Å². The molecule has 6 nitrogen and oxygen atoms in total. The van der Waals surface area contributed by atoms with Crippen LogP contribution in [0.25, 0.3) is 11.4 Å². The van der Waals surface area contributed by atoms with Gasteiger partial charge in [-0.25, -0.2) is 9.97 Å². The number of nitrogens with zero attached hydrogens (tertiary/aromatic N) is 5. The highest BCUT2D eigenvalue weighted by molar-refractivity contribution is 5.96. The minimum atomic E-state index is -4.32. The molecule has 2 unspecified atom stereocenters. The lowest BCUT2D eigenvalue weighted by molar-refractivity contribution is -0.137. The third-order valence-corrected chi connectivity index (χ3v) is 9.30. The summed E-state index contributed by atoms with van der Waals surface area (Å²) in [5.41, 5.74) is 3.19. The van der Waals surface area contributed by atoms with Crippen molar-refractivity contribution in [3.05, 3.63) is 82.7 Å². The molecule has 3 aromatic rings. The fourth-order valence-corrected chi connectivity index (χ4v) is 6.59. The number of carbonyl (C=O) groups is 1. The van der Waals surface area contributed by atoms with Gasteiger partial charge in [0.1, 0.15) is 0 Å². The summed E-state index contributed by atoms with van der Waals surface area (Å²) < 4.78 is 39.0. The third-order valence-electron chi connectivity index (χ3n) is 9.30. The molecule has 0 bridgehead atoms. The smallest absolute Gasteiger partial charge is 0.338 e. The van der Waals surface area contributed by atoms with Crippen molar-refractivity contribution in [3.8, 4) is 11.4 Å². The van der Waals surface area contributed by atoms with E-state index in [0.717, 1.165) is 43.6 Å². The number of alkyl halides is 3. The Morgan fingerprint density at radius 1 is 0.929 bits per heavy atom. The van der Waals surface area contributed by atoms with Gasteiger partial charge in [0.05, 0.1) is 22.5 Å². The van der Waals surface area contributed by atoms with Gasteiger partial charge in [-0.3, -0.25) is 14.6 Å². The van der Waals surface area contributed by atoms with Crippen LogP contribution in [-0.4, -0.2) is 74.9 Å². The lowest BCUT2D eigenvalue weighted by atomic mass is 9.86. The minimum Gasteiger partial charge on any atom is -0.338 e. The van der Waals surface area contributed by atoms with Crippen LogP contribution in [0.2, 0.25) is 0 Å². The van der Waals surface area contributed by atoms with Gasteiger partial charge in [-0.05, 0) is 65.2 Å². The first-order valence-electron chi connectivity index (χ1n) is 14.8. The Labute approximate surface area is 246 Å². The molecular weight excluding hydrogens is 539 g/mol. The van der Waals surface area contributed by atoms with Gasteiger partial charge >= 0.3 is 6.18 Å². The Hall–Kier alpha value is -3.30. The molecule has 0 N–H and O–H groups in total. The maximum Gasteiger partial charge on any atom is 0.416 e. The van der Waals surface area contributed by atoms with E-state index in [1.54, 1.807) is 12.1 Å². The van der Waals surface area contributed by atoms with Gasteiger partial charge in [0.15, 0.2) is 5.82 Å². The average Bonchev–Trinajstić information content (AvgIpc) is 2.97. The molecule has 2 fully saturated rings. The van der Waals surface area contributed by atoms with Crippen LogP contribution >= 0.6 is 0 Å². The summed E-state index contributed by atoms with van der Waals surface area (Å²) in [7, 11) is 0. The summed E-state index contributed by atoms with van der Waals surface area (Å²) in [6.45, 7) is 14.3. The largest absolute Gasteiger partial charge is 0.416 e. The lowest BCUT2D eigenvalue weighted by Gasteiger charge is -2.52. The first-order chi connectivity index (χ1) is 19.9. The SMILES string of the molecule is Cc1nc(-c2ccccc2)nc(C)c1C(=O)N1CCC(C)(N2CCN(C(C)c3ccc(C(F)(F)F)cc3)C(C)C2)CC1. The number of amides is 1. The van der Waals surface area contributed by atoms with Crippen LogP contribution in [-0.2, 0) is 6.18 Å². The molecule has 0 spiro atoms. The predicted molar refractivity (Wildman–Crippen MR) is 158 cm³/mol. The first-order valence-corrected chi connectivity index (χ1v) is 14.8. The van der Waals surface area contributed by atoms with Crippen LogP contribution in [0.1, 0.15) is 72.5 Å². The highest BCUT2D eigenvalue weighted by Gasteiger charge is 2.41. The molecule has 0 radical (unpaired) electrons. The van der Waals surface area contributed by atoms with Crippen molar-refractivity contribution in [2.75, 3.05) is 32.7 Å². The molecule has 3 heterocycles. The van der Waals surface area contributed by atoms with E-state index in [2.05, 4.69) is 40.5 Å². The lowest BCUT2D eigenvalue weighted by Crippen LogP contribution is -2.62. The fraction of sp³-hybridized carbons (Fsp3) is 0.485. The zero-order chi connectivity index (χ0) is 30.2. The van der Waals surface area contributed by atoms with Gasteiger partial charge in [0.2, 0.25) is 0 Å².